The molecule has 0 atom stereocenters. The zero-order valence-electron chi connectivity index (χ0n) is 13.9. The monoisotopic (exact) mass is 347 g/mol. The molecule has 0 unspecified atom stereocenters. The molecule has 132 valence electrons. The van der Waals surface area contributed by atoms with E-state index in [-0.39, 0.29) is 18.7 Å². The smallest absolute Gasteiger partial charge is 0.325 e. The zero-order chi connectivity index (χ0) is 18.2. The highest BCUT2D eigenvalue weighted by atomic mass is 19.1. The zero-order valence-corrected chi connectivity index (χ0v) is 13.9. The van der Waals surface area contributed by atoms with Gasteiger partial charge in [-0.2, -0.15) is 0 Å². The molecule has 2 aromatic carbocycles. The van der Waals surface area contributed by atoms with Crippen molar-refractivity contribution < 1.29 is 28.2 Å². The SMILES string of the molecule is COc1ccc(OC)c(COC(=O)CNC(=O)c2cccc(F)c2)c1. The maximum atomic E-state index is 13.1. The van der Waals surface area contributed by atoms with E-state index in [1.54, 1.807) is 18.2 Å². The van der Waals surface area contributed by atoms with Gasteiger partial charge in [0.1, 0.15) is 30.5 Å². The van der Waals surface area contributed by atoms with Gasteiger partial charge >= 0.3 is 5.97 Å². The van der Waals surface area contributed by atoms with Crippen LogP contribution in [0.5, 0.6) is 11.5 Å². The third-order valence-electron chi connectivity index (χ3n) is 3.36. The minimum Gasteiger partial charge on any atom is -0.497 e. The molecule has 1 amide bonds. The van der Waals surface area contributed by atoms with Crippen molar-refractivity contribution in [3.8, 4) is 11.5 Å². The number of carbonyl (C=O) groups excluding carboxylic acids is 2. The Bertz CT molecular complexity index is 763. The predicted octanol–water partition coefficient (Wildman–Crippen LogP) is 2.32. The second-order valence-electron chi connectivity index (χ2n) is 5.03. The van der Waals surface area contributed by atoms with Crippen LogP contribution in [0.2, 0.25) is 0 Å². The van der Waals surface area contributed by atoms with Crippen molar-refractivity contribution in [2.45, 2.75) is 6.61 Å². The number of nitrogens with one attached hydrogen (secondary N) is 1. The lowest BCUT2D eigenvalue weighted by molar-refractivity contribution is -0.143. The summed E-state index contributed by atoms with van der Waals surface area (Å²) in [5.74, 6) is -0.561. The largest absolute Gasteiger partial charge is 0.497 e. The summed E-state index contributed by atoms with van der Waals surface area (Å²) in [6.07, 6.45) is 0. The van der Waals surface area contributed by atoms with Gasteiger partial charge in [-0.25, -0.2) is 4.39 Å². The van der Waals surface area contributed by atoms with Crippen LogP contribution < -0.4 is 14.8 Å². The molecule has 1 N–H and O–H groups in total. The first-order valence-electron chi connectivity index (χ1n) is 7.43. The lowest BCUT2D eigenvalue weighted by Crippen LogP contribution is -2.30. The van der Waals surface area contributed by atoms with Crippen molar-refractivity contribution in [1.82, 2.24) is 5.32 Å². The molecule has 2 aromatic rings. The fraction of sp³-hybridized carbons (Fsp3) is 0.222. The van der Waals surface area contributed by atoms with Crippen molar-refractivity contribution in [3.05, 3.63) is 59.4 Å². The molecule has 0 saturated heterocycles. The molecular formula is C18H18FNO5. The number of benzene rings is 2. The van der Waals surface area contributed by atoms with Gasteiger partial charge in [-0.15, -0.1) is 0 Å². The van der Waals surface area contributed by atoms with E-state index in [0.717, 1.165) is 6.07 Å². The summed E-state index contributed by atoms with van der Waals surface area (Å²) in [6.45, 7) is -0.364. The predicted molar refractivity (Wildman–Crippen MR) is 88.1 cm³/mol. The molecule has 0 bridgehead atoms. The second kappa shape index (κ2) is 8.68. The summed E-state index contributed by atoms with van der Waals surface area (Å²) >= 11 is 0. The number of amides is 1. The maximum absolute atomic E-state index is 13.1. The summed E-state index contributed by atoms with van der Waals surface area (Å²) in [7, 11) is 3.03. The molecule has 0 saturated carbocycles. The van der Waals surface area contributed by atoms with E-state index >= 15 is 0 Å². The minimum absolute atomic E-state index is 0.0327. The Morgan fingerprint density at radius 2 is 1.88 bits per heavy atom. The molecule has 6 nitrogen and oxygen atoms in total. The van der Waals surface area contributed by atoms with Gasteiger partial charge in [0.25, 0.3) is 5.91 Å². The lowest BCUT2D eigenvalue weighted by atomic mass is 10.2. The van der Waals surface area contributed by atoms with Gasteiger partial charge in [0.15, 0.2) is 0 Å². The van der Waals surface area contributed by atoms with E-state index < -0.39 is 17.7 Å². The van der Waals surface area contributed by atoms with E-state index in [1.807, 2.05) is 0 Å². The van der Waals surface area contributed by atoms with E-state index in [0.29, 0.717) is 17.1 Å². The average Bonchev–Trinajstić information content (AvgIpc) is 2.64. The summed E-state index contributed by atoms with van der Waals surface area (Å²) in [4.78, 5) is 23.6. The van der Waals surface area contributed by atoms with Crippen LogP contribution in [-0.2, 0) is 16.1 Å². The number of carbonyl (C=O) groups is 2. The summed E-state index contributed by atoms with van der Waals surface area (Å²) < 4.78 is 28.5. The first-order chi connectivity index (χ1) is 12.0. The van der Waals surface area contributed by atoms with Crippen molar-refractivity contribution >= 4 is 11.9 Å². The summed E-state index contributed by atoms with van der Waals surface area (Å²) in [5.41, 5.74) is 0.758. The van der Waals surface area contributed by atoms with E-state index in [9.17, 15) is 14.0 Å². The Balaban J connectivity index is 1.88. The fourth-order valence-corrected chi connectivity index (χ4v) is 2.09. The second-order valence-corrected chi connectivity index (χ2v) is 5.03. The van der Waals surface area contributed by atoms with Gasteiger partial charge in [-0.1, -0.05) is 6.07 Å². The Hall–Kier alpha value is -3.09. The van der Waals surface area contributed by atoms with Crippen LogP contribution in [0.15, 0.2) is 42.5 Å². The molecule has 0 radical (unpaired) electrons. The number of rotatable bonds is 7. The highest BCUT2D eigenvalue weighted by Crippen LogP contribution is 2.24. The Morgan fingerprint density at radius 1 is 1.08 bits per heavy atom. The number of methoxy groups -OCH3 is 2. The van der Waals surface area contributed by atoms with Gasteiger partial charge in [0.2, 0.25) is 0 Å². The first-order valence-corrected chi connectivity index (χ1v) is 7.43. The standard InChI is InChI=1S/C18H18FNO5/c1-23-15-6-7-16(24-2)13(9-15)11-25-17(21)10-20-18(22)12-4-3-5-14(19)8-12/h3-9H,10-11H2,1-2H3,(H,20,22). The normalized spacial score (nSPS) is 10.0. The average molecular weight is 347 g/mol. The molecule has 0 spiro atoms. The molecule has 0 fully saturated rings. The third-order valence-corrected chi connectivity index (χ3v) is 3.36. The molecule has 2 rings (SSSR count). The number of ether oxygens (including phenoxy) is 3. The Labute approximate surface area is 144 Å². The van der Waals surface area contributed by atoms with Gasteiger partial charge in [-0.3, -0.25) is 9.59 Å². The van der Waals surface area contributed by atoms with Crippen molar-refractivity contribution in [1.29, 1.82) is 0 Å². The highest BCUT2D eigenvalue weighted by molar-refractivity contribution is 5.95. The number of esters is 1. The number of hydrogen-bond donors (Lipinski definition) is 1. The molecule has 0 heterocycles. The van der Waals surface area contributed by atoms with Crippen LogP contribution in [0.3, 0.4) is 0 Å². The summed E-state index contributed by atoms with van der Waals surface area (Å²) in [5, 5.41) is 2.38. The van der Waals surface area contributed by atoms with Gasteiger partial charge in [0, 0.05) is 11.1 Å². The van der Waals surface area contributed by atoms with E-state index in [1.165, 1.54) is 32.4 Å². The quantitative estimate of drug-likeness (QED) is 0.778. The highest BCUT2D eigenvalue weighted by Gasteiger charge is 2.11. The van der Waals surface area contributed by atoms with Crippen LogP contribution in [-0.4, -0.2) is 32.6 Å². The van der Waals surface area contributed by atoms with E-state index in [2.05, 4.69) is 5.32 Å². The maximum Gasteiger partial charge on any atom is 0.325 e. The van der Waals surface area contributed by atoms with Crippen molar-refractivity contribution in [3.63, 3.8) is 0 Å². The molecule has 25 heavy (non-hydrogen) atoms. The fourth-order valence-electron chi connectivity index (χ4n) is 2.09. The van der Waals surface area contributed by atoms with Gasteiger partial charge in [0.05, 0.1) is 14.2 Å². The Kier molecular flexibility index (Phi) is 6.33. The molecule has 0 aliphatic rings. The number of halogens is 1. The van der Waals surface area contributed by atoms with Crippen LogP contribution >= 0.6 is 0 Å². The van der Waals surface area contributed by atoms with Crippen LogP contribution in [0, 0.1) is 5.82 Å². The lowest BCUT2D eigenvalue weighted by Gasteiger charge is -2.11. The van der Waals surface area contributed by atoms with Crippen LogP contribution in [0.4, 0.5) is 4.39 Å². The van der Waals surface area contributed by atoms with Gasteiger partial charge < -0.3 is 19.5 Å². The first kappa shape index (κ1) is 18.3. The number of hydrogen-bond acceptors (Lipinski definition) is 5. The molecule has 0 aliphatic heterocycles. The van der Waals surface area contributed by atoms with E-state index in [4.69, 9.17) is 14.2 Å². The third kappa shape index (κ3) is 5.20. The molecule has 0 aromatic heterocycles. The molecule has 0 aliphatic carbocycles. The van der Waals surface area contributed by atoms with Crippen LogP contribution in [0.25, 0.3) is 0 Å². The molecular weight excluding hydrogens is 329 g/mol. The minimum atomic E-state index is -0.630. The van der Waals surface area contributed by atoms with Gasteiger partial charge in [-0.05, 0) is 36.4 Å². The summed E-state index contributed by atoms with van der Waals surface area (Å²) in [6, 6.07) is 10.3. The topological polar surface area (TPSA) is 73.9 Å². The molecule has 7 heteroatoms. The van der Waals surface area contributed by atoms with Crippen LogP contribution in [0.1, 0.15) is 15.9 Å². The Morgan fingerprint density at radius 3 is 2.56 bits per heavy atom. The van der Waals surface area contributed by atoms with Crippen molar-refractivity contribution in [2.75, 3.05) is 20.8 Å². The van der Waals surface area contributed by atoms with Crippen molar-refractivity contribution in [2.24, 2.45) is 0 Å².